The molecule has 53 heavy (non-hydrogen) atoms. The molecule has 1 heteroatoms. The van der Waals surface area contributed by atoms with Crippen molar-refractivity contribution in [1.82, 2.24) is 4.57 Å². The number of rotatable bonds is 3. The SMILES string of the molecule is Cc1ccc2c(c1)Cc1ccccc1[C@]21c2c(cccc2-c2cccc3c2c2c(n3-c3ccccc3)CCC=C2)CC2C=CC=C(c3ccccc3)[C@@H]21. The summed E-state index contributed by atoms with van der Waals surface area (Å²) in [6.45, 7) is 2.25. The van der Waals surface area contributed by atoms with Crippen molar-refractivity contribution in [2.75, 3.05) is 0 Å². The molecule has 1 nitrogen and oxygen atoms in total. The summed E-state index contributed by atoms with van der Waals surface area (Å²) in [6.07, 6.45) is 16.1. The first-order chi connectivity index (χ1) is 26.2. The fourth-order valence-corrected chi connectivity index (χ4v) is 10.9. The quantitative estimate of drug-likeness (QED) is 0.175. The van der Waals surface area contributed by atoms with Gasteiger partial charge in [0.05, 0.1) is 10.9 Å². The smallest absolute Gasteiger partial charge is 0.0543 e. The molecule has 1 unspecified atom stereocenters. The van der Waals surface area contributed by atoms with Crippen molar-refractivity contribution in [2.45, 2.75) is 38.0 Å². The molecule has 0 bridgehead atoms. The van der Waals surface area contributed by atoms with Crippen molar-refractivity contribution < 1.29 is 0 Å². The van der Waals surface area contributed by atoms with Crippen LogP contribution in [0.15, 0.2) is 164 Å². The van der Waals surface area contributed by atoms with Gasteiger partial charge in [-0.1, -0.05) is 157 Å². The third kappa shape index (κ3) is 4.37. The molecule has 4 aliphatic rings. The number of allylic oxidation sites excluding steroid dienone is 5. The number of aryl methyl sites for hydroxylation is 1. The molecular weight excluding hydrogens is 639 g/mol. The van der Waals surface area contributed by atoms with Gasteiger partial charge in [-0.25, -0.2) is 0 Å². The van der Waals surface area contributed by atoms with E-state index in [0.29, 0.717) is 5.92 Å². The molecule has 6 aromatic carbocycles. The second kappa shape index (κ2) is 11.8. The Kier molecular flexibility index (Phi) is 6.83. The monoisotopic (exact) mass is 679 g/mol. The molecule has 0 fully saturated rings. The van der Waals surface area contributed by atoms with Gasteiger partial charge in [-0.2, -0.15) is 0 Å². The maximum absolute atomic E-state index is 2.54. The van der Waals surface area contributed by atoms with Crippen LogP contribution in [-0.2, 0) is 24.7 Å². The molecule has 1 aromatic heterocycles. The predicted molar refractivity (Wildman–Crippen MR) is 221 cm³/mol. The first-order valence-corrected chi connectivity index (χ1v) is 19.3. The van der Waals surface area contributed by atoms with E-state index < -0.39 is 5.41 Å². The van der Waals surface area contributed by atoms with Gasteiger partial charge < -0.3 is 4.57 Å². The standard InChI is InChI=1S/C52H41N/c1-34-29-30-46-39(31-34)32-36-17-8-10-26-45(36)52(46)50-37(18-12-23-41(50)35-15-4-2-5-16-35)33-38-19-13-25-43(51(38)52)42-24-14-28-48-49(42)44-22-9-11-27-47(44)53(48)40-20-6-3-7-21-40/h2-10,12-26,28-31,37,50H,11,27,32-33H2,1H3/t37?,50-,52+/m1/s1. The molecule has 11 rings (SSSR count). The van der Waals surface area contributed by atoms with Gasteiger partial charge >= 0.3 is 0 Å². The Morgan fingerprint density at radius 3 is 2.32 bits per heavy atom. The Hall–Kier alpha value is -5.92. The number of para-hydroxylation sites is 1. The molecule has 254 valence electrons. The predicted octanol–water partition coefficient (Wildman–Crippen LogP) is 12.2. The maximum atomic E-state index is 2.54. The second-order valence-corrected chi connectivity index (χ2v) is 15.5. The molecule has 4 aliphatic carbocycles. The van der Waals surface area contributed by atoms with Gasteiger partial charge in [-0.15, -0.1) is 0 Å². The normalized spacial score (nSPS) is 20.7. The minimum absolute atomic E-state index is 0.216. The van der Waals surface area contributed by atoms with Crippen LogP contribution in [0.4, 0.5) is 0 Å². The maximum Gasteiger partial charge on any atom is 0.0543 e. The van der Waals surface area contributed by atoms with Gasteiger partial charge in [-0.05, 0) is 112 Å². The molecule has 1 spiro atoms. The van der Waals surface area contributed by atoms with Crippen LogP contribution in [0.25, 0.3) is 39.4 Å². The van der Waals surface area contributed by atoms with Crippen molar-refractivity contribution in [3.63, 3.8) is 0 Å². The van der Waals surface area contributed by atoms with Crippen molar-refractivity contribution in [3.05, 3.63) is 220 Å². The highest BCUT2D eigenvalue weighted by Crippen LogP contribution is 2.63. The van der Waals surface area contributed by atoms with Gasteiger partial charge in [0.1, 0.15) is 0 Å². The lowest BCUT2D eigenvalue weighted by Crippen LogP contribution is -2.49. The molecule has 0 saturated carbocycles. The van der Waals surface area contributed by atoms with E-state index in [4.69, 9.17) is 0 Å². The van der Waals surface area contributed by atoms with Crippen molar-refractivity contribution >= 4 is 22.6 Å². The van der Waals surface area contributed by atoms with Crippen LogP contribution in [0.5, 0.6) is 0 Å². The minimum atomic E-state index is -0.404. The number of aromatic nitrogens is 1. The lowest BCUT2D eigenvalue weighted by molar-refractivity contribution is 0.327. The van der Waals surface area contributed by atoms with Crippen LogP contribution < -0.4 is 0 Å². The van der Waals surface area contributed by atoms with Crippen LogP contribution in [0.1, 0.15) is 62.2 Å². The van der Waals surface area contributed by atoms with Gasteiger partial charge in [0.15, 0.2) is 0 Å². The summed E-state index contributed by atoms with van der Waals surface area (Å²) in [5, 5.41) is 1.36. The number of nitrogens with zero attached hydrogens (tertiary/aromatic N) is 1. The van der Waals surface area contributed by atoms with Crippen molar-refractivity contribution in [1.29, 1.82) is 0 Å². The van der Waals surface area contributed by atoms with E-state index in [1.165, 1.54) is 89.1 Å². The number of hydrogen-bond donors (Lipinski definition) is 0. The summed E-state index contributed by atoms with van der Waals surface area (Å²) in [7, 11) is 0. The first kappa shape index (κ1) is 30.7. The van der Waals surface area contributed by atoms with E-state index in [1.54, 1.807) is 0 Å². The number of benzene rings is 6. The average Bonchev–Trinajstić information content (AvgIpc) is 3.55. The zero-order valence-electron chi connectivity index (χ0n) is 30.1. The summed E-state index contributed by atoms with van der Waals surface area (Å²) in [5.74, 6) is 0.567. The number of fused-ring (bicyclic) bond motifs is 11. The molecule has 1 heterocycles. The van der Waals surface area contributed by atoms with E-state index in [1.807, 2.05) is 0 Å². The van der Waals surface area contributed by atoms with E-state index in [0.717, 1.165) is 25.7 Å². The van der Waals surface area contributed by atoms with E-state index in [-0.39, 0.29) is 5.92 Å². The highest BCUT2D eigenvalue weighted by Gasteiger charge is 2.56. The minimum Gasteiger partial charge on any atom is -0.313 e. The van der Waals surface area contributed by atoms with Gasteiger partial charge in [0, 0.05) is 28.2 Å². The summed E-state index contributed by atoms with van der Waals surface area (Å²) in [5.41, 5.74) is 20.5. The zero-order chi connectivity index (χ0) is 35.1. The average molecular weight is 680 g/mol. The Morgan fingerprint density at radius 2 is 1.43 bits per heavy atom. The summed E-state index contributed by atoms with van der Waals surface area (Å²) in [6, 6.07) is 53.2. The van der Waals surface area contributed by atoms with E-state index in [2.05, 4.69) is 181 Å². The van der Waals surface area contributed by atoms with Crippen LogP contribution in [0, 0.1) is 18.8 Å². The van der Waals surface area contributed by atoms with Crippen molar-refractivity contribution in [3.8, 4) is 16.8 Å². The van der Waals surface area contributed by atoms with Crippen LogP contribution in [-0.4, -0.2) is 4.57 Å². The Balaban J connectivity index is 1.29. The Morgan fingerprint density at radius 1 is 0.679 bits per heavy atom. The molecule has 3 atom stereocenters. The first-order valence-electron chi connectivity index (χ1n) is 19.3. The molecule has 7 aromatic rings. The molecule has 0 radical (unpaired) electrons. The second-order valence-electron chi connectivity index (χ2n) is 15.5. The summed E-state index contributed by atoms with van der Waals surface area (Å²) < 4.78 is 2.54. The van der Waals surface area contributed by atoms with E-state index >= 15 is 0 Å². The van der Waals surface area contributed by atoms with Crippen LogP contribution in [0.3, 0.4) is 0 Å². The molecule has 0 N–H and O–H groups in total. The highest BCUT2D eigenvalue weighted by atomic mass is 15.0. The largest absolute Gasteiger partial charge is 0.313 e. The van der Waals surface area contributed by atoms with Gasteiger partial charge in [0.25, 0.3) is 0 Å². The lowest BCUT2D eigenvalue weighted by Gasteiger charge is -2.55. The topological polar surface area (TPSA) is 4.93 Å². The third-order valence-corrected chi connectivity index (χ3v) is 12.8. The fraction of sp³-hybridized carbons (Fsp3) is 0.154. The fourth-order valence-electron chi connectivity index (χ4n) is 10.9. The van der Waals surface area contributed by atoms with Gasteiger partial charge in [-0.3, -0.25) is 0 Å². The molecule has 0 saturated heterocycles. The van der Waals surface area contributed by atoms with Gasteiger partial charge in [0.2, 0.25) is 0 Å². The van der Waals surface area contributed by atoms with Crippen LogP contribution >= 0.6 is 0 Å². The Bertz CT molecular complexity index is 2680. The molecular formula is C52H41N. The third-order valence-electron chi connectivity index (χ3n) is 12.8. The highest BCUT2D eigenvalue weighted by molar-refractivity contribution is 6.05. The summed E-state index contributed by atoms with van der Waals surface area (Å²) >= 11 is 0. The zero-order valence-corrected chi connectivity index (χ0v) is 30.1. The number of hydrogen-bond acceptors (Lipinski definition) is 0. The summed E-state index contributed by atoms with van der Waals surface area (Å²) in [4.78, 5) is 0. The molecule has 0 aliphatic heterocycles. The van der Waals surface area contributed by atoms with E-state index in [9.17, 15) is 0 Å². The molecule has 0 amide bonds. The Labute approximate surface area is 312 Å². The lowest BCUT2D eigenvalue weighted by atomic mass is 9.47. The van der Waals surface area contributed by atoms with Crippen LogP contribution in [0.2, 0.25) is 0 Å². The van der Waals surface area contributed by atoms with Crippen molar-refractivity contribution in [2.24, 2.45) is 11.8 Å².